The van der Waals surface area contributed by atoms with Crippen molar-refractivity contribution < 1.29 is 31.5 Å². The SMILES string of the molecule is CS(=O)(=O)NCCN1CCC(n2c(=O)[nH]c3ccccc32)CC1.O=C(O)C(F)(F)F. The molecule has 0 unspecified atom stereocenters. The van der Waals surface area contributed by atoms with Crippen LogP contribution in [0.15, 0.2) is 29.1 Å². The van der Waals surface area contributed by atoms with Crippen LogP contribution in [-0.4, -0.2) is 72.6 Å². The Labute approximate surface area is 170 Å². The molecule has 1 fully saturated rings. The van der Waals surface area contributed by atoms with Gasteiger partial charge < -0.3 is 15.0 Å². The molecule has 0 aliphatic carbocycles. The average molecular weight is 452 g/mol. The van der Waals surface area contributed by atoms with Crippen molar-refractivity contribution in [3.63, 3.8) is 0 Å². The summed E-state index contributed by atoms with van der Waals surface area (Å²) < 4.78 is 58.3. The zero-order valence-corrected chi connectivity index (χ0v) is 17.0. The highest BCUT2D eigenvalue weighted by Gasteiger charge is 2.38. The van der Waals surface area contributed by atoms with Gasteiger partial charge in [0.25, 0.3) is 0 Å². The van der Waals surface area contributed by atoms with Crippen LogP contribution in [0.3, 0.4) is 0 Å². The van der Waals surface area contributed by atoms with E-state index in [-0.39, 0.29) is 11.7 Å². The smallest absolute Gasteiger partial charge is 0.475 e. The molecule has 1 aliphatic heterocycles. The summed E-state index contributed by atoms with van der Waals surface area (Å²) in [6, 6.07) is 7.94. The lowest BCUT2D eigenvalue weighted by molar-refractivity contribution is -0.192. The van der Waals surface area contributed by atoms with Crippen molar-refractivity contribution in [1.82, 2.24) is 19.2 Å². The van der Waals surface area contributed by atoms with E-state index in [1.807, 2.05) is 28.8 Å². The molecule has 9 nitrogen and oxygen atoms in total. The van der Waals surface area contributed by atoms with Gasteiger partial charge in [-0.3, -0.25) is 4.57 Å². The Balaban J connectivity index is 0.000000396. The number of fused-ring (bicyclic) bond motifs is 1. The number of aliphatic carboxylic acids is 1. The summed E-state index contributed by atoms with van der Waals surface area (Å²) in [6.45, 7) is 2.85. The number of carboxylic acid groups (broad SMARTS) is 1. The van der Waals surface area contributed by atoms with Gasteiger partial charge in [0.2, 0.25) is 10.0 Å². The minimum atomic E-state index is -5.08. The number of carboxylic acids is 1. The molecule has 0 atom stereocenters. The predicted molar refractivity (Wildman–Crippen MR) is 104 cm³/mol. The summed E-state index contributed by atoms with van der Waals surface area (Å²) in [7, 11) is -3.13. The van der Waals surface area contributed by atoms with Gasteiger partial charge in [-0.05, 0) is 25.0 Å². The van der Waals surface area contributed by atoms with E-state index >= 15 is 0 Å². The van der Waals surface area contributed by atoms with E-state index in [4.69, 9.17) is 9.90 Å². The number of rotatable bonds is 5. The van der Waals surface area contributed by atoms with E-state index < -0.39 is 22.2 Å². The summed E-state index contributed by atoms with van der Waals surface area (Å²) >= 11 is 0. The molecule has 1 aromatic carbocycles. The van der Waals surface area contributed by atoms with Gasteiger partial charge in [-0.1, -0.05) is 12.1 Å². The molecule has 168 valence electrons. The molecule has 0 radical (unpaired) electrons. The Kier molecular flexibility index (Phi) is 7.66. The highest BCUT2D eigenvalue weighted by atomic mass is 32.2. The maximum atomic E-state index is 12.2. The molecule has 2 heterocycles. The van der Waals surface area contributed by atoms with E-state index in [2.05, 4.69) is 14.6 Å². The average Bonchev–Trinajstić information content (AvgIpc) is 2.97. The Morgan fingerprint density at radius 3 is 2.37 bits per heavy atom. The monoisotopic (exact) mass is 452 g/mol. The number of carbonyl (C=O) groups is 1. The molecule has 0 amide bonds. The van der Waals surface area contributed by atoms with Gasteiger partial charge in [0.05, 0.1) is 17.3 Å². The highest BCUT2D eigenvalue weighted by Crippen LogP contribution is 2.24. The van der Waals surface area contributed by atoms with E-state index in [0.717, 1.165) is 37.0 Å². The highest BCUT2D eigenvalue weighted by molar-refractivity contribution is 7.88. The van der Waals surface area contributed by atoms with Crippen LogP contribution in [0, 0.1) is 0 Å². The minimum absolute atomic E-state index is 0.0524. The first kappa shape index (κ1) is 23.9. The predicted octanol–water partition coefficient (Wildman–Crippen LogP) is 1.15. The van der Waals surface area contributed by atoms with E-state index in [9.17, 15) is 26.4 Å². The van der Waals surface area contributed by atoms with E-state index in [1.165, 1.54) is 6.26 Å². The summed E-state index contributed by atoms with van der Waals surface area (Å²) in [5.41, 5.74) is 1.77. The molecule has 0 saturated carbocycles. The van der Waals surface area contributed by atoms with Gasteiger partial charge in [0.1, 0.15) is 0 Å². The Morgan fingerprint density at radius 2 is 1.83 bits per heavy atom. The van der Waals surface area contributed by atoms with Gasteiger partial charge in [0.15, 0.2) is 0 Å². The molecular weight excluding hydrogens is 429 g/mol. The number of para-hydroxylation sites is 2. The molecular formula is C17H23F3N4O5S. The lowest BCUT2D eigenvalue weighted by Gasteiger charge is -2.32. The standard InChI is InChI=1S/C15H22N4O3S.C2HF3O2/c1-23(21,22)16-8-11-18-9-6-12(7-10-18)19-14-5-3-2-4-13(14)17-15(19)20;3-2(4,5)1(6)7/h2-5,12,16H,6-11H2,1H3,(H,17,20);(H,6,7). The number of sulfonamides is 1. The number of piperidine rings is 1. The number of imidazole rings is 1. The van der Waals surface area contributed by atoms with Crippen molar-refractivity contribution in [2.75, 3.05) is 32.4 Å². The van der Waals surface area contributed by atoms with Crippen molar-refractivity contribution in [2.45, 2.75) is 25.1 Å². The first-order valence-corrected chi connectivity index (χ1v) is 10.9. The topological polar surface area (TPSA) is 124 Å². The first-order chi connectivity index (χ1) is 13.9. The first-order valence-electron chi connectivity index (χ1n) is 9.05. The Hall–Kier alpha value is -2.38. The number of nitrogens with one attached hydrogen (secondary N) is 2. The molecule has 1 aromatic heterocycles. The van der Waals surface area contributed by atoms with Crippen molar-refractivity contribution in [1.29, 1.82) is 0 Å². The maximum Gasteiger partial charge on any atom is 0.490 e. The molecule has 0 spiro atoms. The zero-order valence-electron chi connectivity index (χ0n) is 16.1. The van der Waals surface area contributed by atoms with Crippen LogP contribution in [0.2, 0.25) is 0 Å². The quantitative estimate of drug-likeness (QED) is 0.625. The third-order valence-electron chi connectivity index (χ3n) is 4.58. The fourth-order valence-electron chi connectivity index (χ4n) is 3.23. The lowest BCUT2D eigenvalue weighted by atomic mass is 10.0. The summed E-state index contributed by atoms with van der Waals surface area (Å²) in [5, 5.41) is 7.12. The number of alkyl halides is 3. The van der Waals surface area contributed by atoms with E-state index in [0.29, 0.717) is 13.1 Å². The zero-order chi connectivity index (χ0) is 22.5. The minimum Gasteiger partial charge on any atom is -0.475 e. The second-order valence-corrected chi connectivity index (χ2v) is 8.69. The van der Waals surface area contributed by atoms with Gasteiger partial charge in [-0.15, -0.1) is 0 Å². The fourth-order valence-corrected chi connectivity index (χ4v) is 3.69. The number of H-pyrrole nitrogens is 1. The number of hydrogen-bond donors (Lipinski definition) is 3. The molecule has 1 aliphatic rings. The number of aromatic nitrogens is 2. The van der Waals surface area contributed by atoms with Crippen molar-refractivity contribution >= 4 is 27.0 Å². The largest absolute Gasteiger partial charge is 0.490 e. The molecule has 0 bridgehead atoms. The third kappa shape index (κ3) is 6.85. The Bertz CT molecular complexity index is 1020. The van der Waals surface area contributed by atoms with Crippen molar-refractivity contribution in [3.05, 3.63) is 34.7 Å². The number of nitrogens with zero attached hydrogens (tertiary/aromatic N) is 2. The van der Waals surface area contributed by atoms with Crippen LogP contribution in [0.25, 0.3) is 11.0 Å². The molecule has 3 rings (SSSR count). The van der Waals surface area contributed by atoms with Crippen LogP contribution in [0.4, 0.5) is 13.2 Å². The van der Waals surface area contributed by atoms with Crippen LogP contribution < -0.4 is 10.4 Å². The summed E-state index contributed by atoms with van der Waals surface area (Å²) in [5.74, 6) is -2.76. The molecule has 13 heteroatoms. The number of halogens is 3. The third-order valence-corrected chi connectivity index (χ3v) is 5.31. The molecule has 3 N–H and O–H groups in total. The summed E-state index contributed by atoms with van der Waals surface area (Å²) in [4.78, 5) is 26.2. The number of aromatic amines is 1. The second kappa shape index (κ2) is 9.62. The molecule has 30 heavy (non-hydrogen) atoms. The van der Waals surface area contributed by atoms with Gasteiger partial charge in [-0.25, -0.2) is 22.7 Å². The van der Waals surface area contributed by atoms with E-state index in [1.54, 1.807) is 0 Å². The lowest BCUT2D eigenvalue weighted by Crippen LogP contribution is -2.40. The number of benzene rings is 1. The Morgan fingerprint density at radius 1 is 1.27 bits per heavy atom. The molecule has 1 saturated heterocycles. The van der Waals surface area contributed by atoms with Crippen molar-refractivity contribution in [3.8, 4) is 0 Å². The van der Waals surface area contributed by atoms with Crippen LogP contribution >= 0.6 is 0 Å². The second-order valence-electron chi connectivity index (χ2n) is 6.86. The van der Waals surface area contributed by atoms with Gasteiger partial charge >= 0.3 is 17.8 Å². The van der Waals surface area contributed by atoms with Crippen LogP contribution in [0.5, 0.6) is 0 Å². The summed E-state index contributed by atoms with van der Waals surface area (Å²) in [6.07, 6.45) is -2.13. The number of hydrogen-bond acceptors (Lipinski definition) is 5. The van der Waals surface area contributed by atoms with Gasteiger partial charge in [0, 0.05) is 32.2 Å². The normalized spacial score (nSPS) is 16.3. The molecule has 2 aromatic rings. The van der Waals surface area contributed by atoms with Crippen molar-refractivity contribution in [2.24, 2.45) is 0 Å². The van der Waals surface area contributed by atoms with Gasteiger partial charge in [-0.2, -0.15) is 13.2 Å². The van der Waals surface area contributed by atoms with Crippen LogP contribution in [-0.2, 0) is 14.8 Å². The maximum absolute atomic E-state index is 12.2. The number of likely N-dealkylation sites (tertiary alicyclic amines) is 1. The fraction of sp³-hybridized carbons (Fsp3) is 0.529. The van der Waals surface area contributed by atoms with Crippen LogP contribution in [0.1, 0.15) is 18.9 Å².